The molecule has 4 rings (SSSR count). The first-order chi connectivity index (χ1) is 14.7. The van der Waals surface area contributed by atoms with Crippen LogP contribution in [0.2, 0.25) is 0 Å². The Hall–Kier alpha value is -4.19. The summed E-state index contributed by atoms with van der Waals surface area (Å²) in [5.41, 5.74) is 2.20. The third kappa shape index (κ3) is 4.44. The Kier molecular flexibility index (Phi) is 5.66. The number of nitrogens with one attached hydrogen (secondary N) is 1. The number of benzene rings is 3. The Morgan fingerprint density at radius 1 is 0.967 bits per heavy atom. The Bertz CT molecular complexity index is 1220. The first-order valence-electron chi connectivity index (χ1n) is 9.33. The highest BCUT2D eigenvalue weighted by atomic mass is 16.5. The Morgan fingerprint density at radius 3 is 2.70 bits per heavy atom. The van der Waals surface area contributed by atoms with Gasteiger partial charge in [-0.2, -0.15) is 0 Å². The van der Waals surface area contributed by atoms with Crippen molar-refractivity contribution in [3.8, 4) is 17.4 Å². The number of ether oxygens (including phenoxy) is 2. The second-order valence-corrected chi connectivity index (χ2v) is 6.39. The maximum atomic E-state index is 12.3. The van der Waals surface area contributed by atoms with Gasteiger partial charge in [0.15, 0.2) is 0 Å². The molecule has 0 fully saturated rings. The van der Waals surface area contributed by atoms with Crippen LogP contribution < -0.4 is 14.8 Å². The standard InChI is InChI=1S/C24H19N3O3/c1-29-19-9-6-8-18(15-19)27-23(28)14-13-17-7-2-5-12-22(17)30-24-20-10-3-4-11-21(20)25-16-26-24/h2-16H,1H3,(H,27,28)/b14-13+. The van der Waals surface area contributed by atoms with Gasteiger partial charge in [-0.1, -0.05) is 36.4 Å². The van der Waals surface area contributed by atoms with E-state index >= 15 is 0 Å². The number of para-hydroxylation sites is 2. The molecule has 1 heterocycles. The van der Waals surface area contributed by atoms with Crippen molar-refractivity contribution in [2.75, 3.05) is 12.4 Å². The van der Waals surface area contributed by atoms with E-state index in [0.717, 1.165) is 16.5 Å². The molecule has 148 valence electrons. The summed E-state index contributed by atoms with van der Waals surface area (Å²) >= 11 is 0. The fraction of sp³-hybridized carbons (Fsp3) is 0.0417. The van der Waals surface area contributed by atoms with Crippen LogP contribution in [0.5, 0.6) is 17.4 Å². The van der Waals surface area contributed by atoms with Crippen molar-refractivity contribution in [2.45, 2.75) is 0 Å². The molecule has 0 aliphatic rings. The molecule has 0 aliphatic heterocycles. The molecule has 3 aromatic carbocycles. The number of anilines is 1. The molecule has 0 atom stereocenters. The van der Waals surface area contributed by atoms with Crippen molar-refractivity contribution in [3.63, 3.8) is 0 Å². The van der Waals surface area contributed by atoms with Gasteiger partial charge in [-0.3, -0.25) is 4.79 Å². The highest BCUT2D eigenvalue weighted by molar-refractivity contribution is 6.02. The molecule has 0 radical (unpaired) electrons. The molecule has 1 amide bonds. The number of aromatic nitrogens is 2. The number of fused-ring (bicyclic) bond motifs is 1. The maximum Gasteiger partial charge on any atom is 0.248 e. The first-order valence-corrected chi connectivity index (χ1v) is 9.33. The fourth-order valence-electron chi connectivity index (χ4n) is 2.93. The monoisotopic (exact) mass is 397 g/mol. The molecule has 0 saturated carbocycles. The lowest BCUT2D eigenvalue weighted by atomic mass is 10.2. The van der Waals surface area contributed by atoms with Crippen LogP contribution in [0.3, 0.4) is 0 Å². The molecule has 0 unspecified atom stereocenters. The molecule has 1 N–H and O–H groups in total. The number of carbonyl (C=O) groups excluding carboxylic acids is 1. The third-order valence-corrected chi connectivity index (χ3v) is 4.38. The summed E-state index contributed by atoms with van der Waals surface area (Å²) in [6.07, 6.45) is 4.63. The van der Waals surface area contributed by atoms with E-state index < -0.39 is 0 Å². The van der Waals surface area contributed by atoms with Gasteiger partial charge in [0.2, 0.25) is 11.8 Å². The molecule has 1 aromatic heterocycles. The summed E-state index contributed by atoms with van der Waals surface area (Å²) < 4.78 is 11.2. The van der Waals surface area contributed by atoms with Gasteiger partial charge >= 0.3 is 0 Å². The predicted molar refractivity (Wildman–Crippen MR) is 117 cm³/mol. The van der Waals surface area contributed by atoms with Crippen LogP contribution in [0, 0.1) is 0 Å². The summed E-state index contributed by atoms with van der Waals surface area (Å²) in [5, 5.41) is 3.63. The summed E-state index contributed by atoms with van der Waals surface area (Å²) in [5.74, 6) is 1.47. The lowest BCUT2D eigenvalue weighted by Crippen LogP contribution is -2.07. The van der Waals surface area contributed by atoms with Gasteiger partial charge in [-0.15, -0.1) is 0 Å². The Morgan fingerprint density at radius 2 is 1.80 bits per heavy atom. The Labute approximate surface area is 173 Å². The molecular weight excluding hydrogens is 378 g/mol. The highest BCUT2D eigenvalue weighted by Crippen LogP contribution is 2.29. The van der Waals surface area contributed by atoms with E-state index in [2.05, 4.69) is 15.3 Å². The topological polar surface area (TPSA) is 73.3 Å². The zero-order valence-electron chi connectivity index (χ0n) is 16.3. The van der Waals surface area contributed by atoms with Crippen LogP contribution in [-0.2, 0) is 4.79 Å². The number of hydrogen-bond donors (Lipinski definition) is 1. The Balaban J connectivity index is 1.53. The number of hydrogen-bond acceptors (Lipinski definition) is 5. The van der Waals surface area contributed by atoms with Gasteiger partial charge in [0.05, 0.1) is 18.0 Å². The van der Waals surface area contributed by atoms with Crippen molar-refractivity contribution in [3.05, 3.63) is 90.8 Å². The van der Waals surface area contributed by atoms with E-state index in [1.807, 2.05) is 60.7 Å². The zero-order chi connectivity index (χ0) is 20.8. The lowest BCUT2D eigenvalue weighted by Gasteiger charge is -2.09. The quantitative estimate of drug-likeness (QED) is 0.459. The molecular formula is C24H19N3O3. The number of nitrogens with zero attached hydrogens (tertiary/aromatic N) is 2. The number of carbonyl (C=O) groups is 1. The highest BCUT2D eigenvalue weighted by Gasteiger charge is 2.08. The van der Waals surface area contributed by atoms with Crippen LogP contribution in [0.15, 0.2) is 85.2 Å². The van der Waals surface area contributed by atoms with Gasteiger partial charge in [0.25, 0.3) is 0 Å². The molecule has 6 nitrogen and oxygen atoms in total. The number of rotatable bonds is 6. The second kappa shape index (κ2) is 8.87. The normalized spacial score (nSPS) is 10.8. The molecule has 0 saturated heterocycles. The van der Waals surface area contributed by atoms with E-state index in [0.29, 0.717) is 23.1 Å². The van der Waals surface area contributed by atoms with E-state index in [4.69, 9.17) is 9.47 Å². The van der Waals surface area contributed by atoms with Crippen LogP contribution >= 0.6 is 0 Å². The molecule has 4 aromatic rings. The lowest BCUT2D eigenvalue weighted by molar-refractivity contribution is -0.111. The third-order valence-electron chi connectivity index (χ3n) is 4.38. The molecule has 0 aliphatic carbocycles. The van der Waals surface area contributed by atoms with E-state index in [1.165, 1.54) is 12.4 Å². The van der Waals surface area contributed by atoms with Gasteiger partial charge in [-0.05, 0) is 36.4 Å². The summed E-state index contributed by atoms with van der Waals surface area (Å²) in [6.45, 7) is 0. The van der Waals surface area contributed by atoms with Crippen molar-refractivity contribution < 1.29 is 14.3 Å². The molecule has 30 heavy (non-hydrogen) atoms. The van der Waals surface area contributed by atoms with Gasteiger partial charge in [-0.25, -0.2) is 9.97 Å². The van der Waals surface area contributed by atoms with Gasteiger partial charge < -0.3 is 14.8 Å². The fourth-order valence-corrected chi connectivity index (χ4v) is 2.93. The average Bonchev–Trinajstić information content (AvgIpc) is 2.79. The predicted octanol–water partition coefficient (Wildman–Crippen LogP) is 5.08. The zero-order valence-corrected chi connectivity index (χ0v) is 16.3. The number of methoxy groups -OCH3 is 1. The minimum Gasteiger partial charge on any atom is -0.497 e. The van der Waals surface area contributed by atoms with Crippen molar-refractivity contribution >= 4 is 28.6 Å². The van der Waals surface area contributed by atoms with Crippen molar-refractivity contribution in [1.82, 2.24) is 9.97 Å². The molecule has 0 bridgehead atoms. The SMILES string of the molecule is COc1cccc(NC(=O)/C=C/c2ccccc2Oc2ncnc3ccccc23)c1. The van der Waals surface area contributed by atoms with Crippen LogP contribution in [0.4, 0.5) is 5.69 Å². The number of amides is 1. The van der Waals surface area contributed by atoms with Crippen LogP contribution in [0.25, 0.3) is 17.0 Å². The first kappa shape index (κ1) is 19.1. The minimum atomic E-state index is -0.259. The molecule has 6 heteroatoms. The van der Waals surface area contributed by atoms with Crippen molar-refractivity contribution in [1.29, 1.82) is 0 Å². The average molecular weight is 397 g/mol. The van der Waals surface area contributed by atoms with E-state index in [1.54, 1.807) is 25.3 Å². The minimum absolute atomic E-state index is 0.259. The van der Waals surface area contributed by atoms with Crippen LogP contribution in [-0.4, -0.2) is 23.0 Å². The van der Waals surface area contributed by atoms with E-state index in [9.17, 15) is 4.79 Å². The van der Waals surface area contributed by atoms with Gasteiger partial charge in [0, 0.05) is 23.4 Å². The van der Waals surface area contributed by atoms with Gasteiger partial charge in [0.1, 0.15) is 17.8 Å². The van der Waals surface area contributed by atoms with Crippen LogP contribution in [0.1, 0.15) is 5.56 Å². The second-order valence-electron chi connectivity index (χ2n) is 6.39. The maximum absolute atomic E-state index is 12.3. The van der Waals surface area contributed by atoms with E-state index in [-0.39, 0.29) is 5.91 Å². The molecule has 0 spiro atoms. The largest absolute Gasteiger partial charge is 0.497 e. The summed E-state index contributed by atoms with van der Waals surface area (Å²) in [7, 11) is 1.58. The summed E-state index contributed by atoms with van der Waals surface area (Å²) in [6, 6.07) is 22.3. The smallest absolute Gasteiger partial charge is 0.248 e. The van der Waals surface area contributed by atoms with Crippen molar-refractivity contribution in [2.24, 2.45) is 0 Å². The summed E-state index contributed by atoms with van der Waals surface area (Å²) in [4.78, 5) is 20.8.